The van der Waals surface area contributed by atoms with E-state index < -0.39 is 0 Å². The molecule has 7 atom stereocenters. The lowest BCUT2D eigenvalue weighted by Gasteiger charge is -2.67. The molecule has 3 aliphatic carbocycles. The predicted octanol–water partition coefficient (Wildman–Crippen LogP) is 7.18. The molecule has 5 rings (SSSR count). The number of hydrogen-bond acceptors (Lipinski definition) is 1. The van der Waals surface area contributed by atoms with E-state index in [9.17, 15) is 4.79 Å². The van der Waals surface area contributed by atoms with Gasteiger partial charge in [0, 0.05) is 29.4 Å². The third-order valence-electron chi connectivity index (χ3n) is 10.8. The number of aromatic amines is 1. The molecule has 0 saturated heterocycles. The van der Waals surface area contributed by atoms with Crippen LogP contribution in [0.5, 0.6) is 0 Å². The van der Waals surface area contributed by atoms with Crippen LogP contribution in [0.15, 0.2) is 30.5 Å². The molecule has 0 unspecified atom stereocenters. The van der Waals surface area contributed by atoms with Crippen molar-refractivity contribution in [1.82, 2.24) is 4.98 Å². The molecule has 2 heteroatoms. The summed E-state index contributed by atoms with van der Waals surface area (Å²) in [6.45, 7) is 12.4. The number of rotatable bonds is 2. The molecule has 1 N–H and O–H groups in total. The molecule has 1 aromatic heterocycles. The summed E-state index contributed by atoms with van der Waals surface area (Å²) in [5.74, 6) is 2.90. The highest BCUT2D eigenvalue weighted by atomic mass is 16.1. The van der Waals surface area contributed by atoms with E-state index in [4.69, 9.17) is 0 Å². The van der Waals surface area contributed by atoms with Crippen LogP contribution < -0.4 is 0 Å². The highest BCUT2D eigenvalue weighted by molar-refractivity contribution is 5.83. The van der Waals surface area contributed by atoms with Crippen LogP contribution in [0.2, 0.25) is 0 Å². The monoisotopic (exact) mass is 405 g/mol. The van der Waals surface area contributed by atoms with E-state index in [1.54, 1.807) is 0 Å². The maximum Gasteiger partial charge on any atom is 0.136 e. The van der Waals surface area contributed by atoms with E-state index in [0.29, 0.717) is 22.5 Å². The zero-order valence-electron chi connectivity index (χ0n) is 19.6. The normalized spacial score (nSPS) is 44.0. The molecular weight excluding hydrogens is 366 g/mol. The smallest absolute Gasteiger partial charge is 0.136 e. The number of hydrogen-bond donors (Lipinski definition) is 1. The predicted molar refractivity (Wildman–Crippen MR) is 124 cm³/mol. The maximum atomic E-state index is 12.6. The first-order valence-electron chi connectivity index (χ1n) is 12.3. The Labute approximate surface area is 182 Å². The first kappa shape index (κ1) is 20.3. The van der Waals surface area contributed by atoms with Gasteiger partial charge in [0.05, 0.1) is 0 Å². The zero-order chi connectivity index (χ0) is 21.3. The van der Waals surface area contributed by atoms with Gasteiger partial charge >= 0.3 is 0 Å². The zero-order valence-corrected chi connectivity index (χ0v) is 19.6. The molecule has 30 heavy (non-hydrogen) atoms. The van der Waals surface area contributed by atoms with Crippen molar-refractivity contribution in [3.63, 3.8) is 0 Å². The lowest BCUT2D eigenvalue weighted by atomic mass is 9.37. The van der Waals surface area contributed by atoms with Gasteiger partial charge in [-0.3, -0.25) is 4.79 Å². The van der Waals surface area contributed by atoms with Gasteiger partial charge in [0.15, 0.2) is 0 Å². The summed E-state index contributed by atoms with van der Waals surface area (Å²) in [4.78, 5) is 16.1. The summed E-state index contributed by atoms with van der Waals surface area (Å²) in [5, 5.41) is 1.40. The van der Waals surface area contributed by atoms with Gasteiger partial charge in [0.25, 0.3) is 0 Å². The minimum Gasteiger partial charge on any atom is -0.361 e. The van der Waals surface area contributed by atoms with Gasteiger partial charge in [0.1, 0.15) is 5.78 Å². The largest absolute Gasteiger partial charge is 0.361 e. The minimum absolute atomic E-state index is 0.197. The first-order chi connectivity index (χ1) is 14.2. The maximum absolute atomic E-state index is 12.6. The van der Waals surface area contributed by atoms with Gasteiger partial charge in [-0.2, -0.15) is 0 Å². The topological polar surface area (TPSA) is 32.9 Å². The molecule has 0 aliphatic heterocycles. The Morgan fingerprint density at radius 2 is 1.70 bits per heavy atom. The number of fused-ring (bicyclic) bond motifs is 4. The van der Waals surface area contributed by atoms with Crippen LogP contribution in [0, 0.1) is 39.9 Å². The Kier molecular flexibility index (Phi) is 4.55. The van der Waals surface area contributed by atoms with Gasteiger partial charge in [-0.1, -0.05) is 52.8 Å². The summed E-state index contributed by atoms with van der Waals surface area (Å²) in [6, 6.07) is 8.77. The SMILES string of the molecule is C[C@@H]1CC[C@@]2(C)[C@@H]3CCC(=O)[C@H](C)[C@@]3(C)CC[C@@H]2[C@@]1(C)Cc1c[nH]c2ccccc12. The minimum atomic E-state index is 0.197. The number of carbonyl (C=O) groups is 1. The van der Waals surface area contributed by atoms with E-state index in [1.807, 2.05) is 0 Å². The number of para-hydroxylation sites is 1. The van der Waals surface area contributed by atoms with E-state index in [-0.39, 0.29) is 11.3 Å². The summed E-state index contributed by atoms with van der Waals surface area (Å²) in [5.41, 5.74) is 3.62. The molecule has 0 amide bonds. The quantitative estimate of drug-likeness (QED) is 0.564. The number of ketones is 1. The van der Waals surface area contributed by atoms with E-state index in [1.165, 1.54) is 42.1 Å². The second-order valence-electron chi connectivity index (χ2n) is 11.9. The molecule has 1 heterocycles. The number of benzene rings is 1. The molecular formula is C28H39NO. The summed E-state index contributed by atoms with van der Waals surface area (Å²) in [6.07, 6.45) is 10.5. The number of nitrogens with one attached hydrogen (secondary N) is 1. The van der Waals surface area contributed by atoms with Crippen molar-refractivity contribution in [3.05, 3.63) is 36.0 Å². The lowest BCUT2D eigenvalue weighted by Crippen LogP contribution is -2.61. The van der Waals surface area contributed by atoms with E-state index >= 15 is 0 Å². The average Bonchev–Trinajstić information content (AvgIpc) is 3.12. The molecule has 3 fully saturated rings. The fraction of sp³-hybridized carbons (Fsp3) is 0.679. The first-order valence-corrected chi connectivity index (χ1v) is 12.3. The van der Waals surface area contributed by atoms with Crippen molar-refractivity contribution < 1.29 is 4.79 Å². The van der Waals surface area contributed by atoms with Crippen LogP contribution in [0.4, 0.5) is 0 Å². The fourth-order valence-corrected chi connectivity index (χ4v) is 8.62. The number of carbonyl (C=O) groups excluding carboxylic acids is 1. The highest BCUT2D eigenvalue weighted by Gasteiger charge is 2.63. The Morgan fingerprint density at radius 1 is 0.967 bits per heavy atom. The van der Waals surface area contributed by atoms with Crippen LogP contribution in [-0.2, 0) is 11.2 Å². The second-order valence-corrected chi connectivity index (χ2v) is 11.9. The fourth-order valence-electron chi connectivity index (χ4n) is 8.62. The van der Waals surface area contributed by atoms with Crippen LogP contribution in [0.3, 0.4) is 0 Å². The number of aromatic nitrogens is 1. The van der Waals surface area contributed by atoms with E-state index in [2.05, 4.69) is 70.1 Å². The van der Waals surface area contributed by atoms with Crippen LogP contribution in [0.25, 0.3) is 10.9 Å². The lowest BCUT2D eigenvalue weighted by molar-refractivity contribution is -0.182. The second kappa shape index (κ2) is 6.71. The summed E-state index contributed by atoms with van der Waals surface area (Å²) < 4.78 is 0. The molecule has 0 spiro atoms. The summed E-state index contributed by atoms with van der Waals surface area (Å²) >= 11 is 0. The van der Waals surface area contributed by atoms with Crippen molar-refractivity contribution in [1.29, 1.82) is 0 Å². The van der Waals surface area contributed by atoms with Gasteiger partial charge in [-0.25, -0.2) is 0 Å². The van der Waals surface area contributed by atoms with Gasteiger partial charge in [0.2, 0.25) is 0 Å². The van der Waals surface area contributed by atoms with Crippen LogP contribution in [-0.4, -0.2) is 10.8 Å². The van der Waals surface area contributed by atoms with Crippen LogP contribution in [0.1, 0.15) is 78.7 Å². The molecule has 1 aromatic carbocycles. The Hall–Kier alpha value is -1.57. The molecule has 0 bridgehead atoms. The molecule has 2 nitrogen and oxygen atoms in total. The van der Waals surface area contributed by atoms with Crippen molar-refractivity contribution >= 4 is 16.7 Å². The summed E-state index contributed by atoms with van der Waals surface area (Å²) in [7, 11) is 0. The van der Waals surface area contributed by atoms with Crippen molar-refractivity contribution in [2.45, 2.75) is 79.6 Å². The standard InChI is InChI=1S/C28H39NO/c1-18-12-14-27(4)24-11-10-23(30)19(2)26(24,3)15-13-25(27)28(18,5)16-20-17-29-22-9-7-6-8-21(20)22/h6-9,17-19,24-25,29H,10-16H2,1-5H3/t18-,19+,24-,25+,26-,27+,28+/m1/s1. The third kappa shape index (κ3) is 2.64. The highest BCUT2D eigenvalue weighted by Crippen LogP contribution is 2.69. The Bertz CT molecular complexity index is 974. The van der Waals surface area contributed by atoms with E-state index in [0.717, 1.165) is 31.1 Å². The molecule has 2 aromatic rings. The average molecular weight is 406 g/mol. The number of Topliss-reactive ketones (excluding diaryl/α,β-unsaturated/α-hetero) is 1. The Morgan fingerprint density at radius 3 is 2.50 bits per heavy atom. The van der Waals surface area contributed by atoms with Crippen LogP contribution >= 0.6 is 0 Å². The van der Waals surface area contributed by atoms with Crippen molar-refractivity contribution in [2.75, 3.05) is 0 Å². The third-order valence-corrected chi connectivity index (χ3v) is 10.8. The van der Waals surface area contributed by atoms with Gasteiger partial charge < -0.3 is 4.98 Å². The molecule has 0 radical (unpaired) electrons. The van der Waals surface area contributed by atoms with Gasteiger partial charge in [-0.15, -0.1) is 0 Å². The molecule has 3 saturated carbocycles. The van der Waals surface area contributed by atoms with Crippen molar-refractivity contribution in [2.24, 2.45) is 39.9 Å². The molecule has 162 valence electrons. The number of H-pyrrole nitrogens is 1. The van der Waals surface area contributed by atoms with Crippen molar-refractivity contribution in [3.8, 4) is 0 Å². The molecule has 3 aliphatic rings. The Balaban J connectivity index is 1.53. The van der Waals surface area contributed by atoms with Gasteiger partial charge in [-0.05, 0) is 84.2 Å².